The predicted octanol–water partition coefficient (Wildman–Crippen LogP) is 3.56. The molecule has 2 aromatic carbocycles. The molecule has 0 radical (unpaired) electrons. The first-order valence-corrected chi connectivity index (χ1v) is 8.91. The molecule has 2 aromatic rings. The largest absolute Gasteiger partial charge is 0.464 e. The van der Waals surface area contributed by atoms with Crippen LogP contribution in [0.1, 0.15) is 16.7 Å². The molecule has 1 heterocycles. The molecule has 1 saturated heterocycles. The fraction of sp³-hybridized carbons (Fsp3) is 0.350. The molecule has 1 fully saturated rings. The highest BCUT2D eigenvalue weighted by molar-refractivity contribution is 6.31. The molecule has 2 N–H and O–H groups in total. The van der Waals surface area contributed by atoms with Crippen LogP contribution in [0, 0.1) is 12.8 Å². The minimum atomic E-state index is -0.0547. The van der Waals surface area contributed by atoms with E-state index in [1.807, 2.05) is 25.1 Å². The summed E-state index contributed by atoms with van der Waals surface area (Å²) in [4.78, 5) is 10.8. The standard InChI is InChI=1S/C20H23ClN2O2/c1-14-7-18(5-6-19(14)21)23-10-16-4-2-3-15(8-16)9-20(25-13-24)17-11-22-12-17/h2-8,13,17,20,22-23H,9-12H2,1H3. The number of ether oxygens (including phenoxy) is 1. The lowest BCUT2D eigenvalue weighted by Crippen LogP contribution is -2.50. The molecule has 1 unspecified atom stereocenters. The third kappa shape index (κ3) is 4.74. The molecule has 0 bridgehead atoms. The van der Waals surface area contributed by atoms with Crippen LogP contribution in [0.3, 0.4) is 0 Å². The van der Waals surface area contributed by atoms with Gasteiger partial charge in [-0.25, -0.2) is 0 Å². The Hall–Kier alpha value is -2.04. The van der Waals surface area contributed by atoms with Gasteiger partial charge >= 0.3 is 0 Å². The van der Waals surface area contributed by atoms with Gasteiger partial charge in [0.25, 0.3) is 6.47 Å². The van der Waals surface area contributed by atoms with Crippen LogP contribution >= 0.6 is 11.6 Å². The Labute approximate surface area is 153 Å². The van der Waals surface area contributed by atoms with E-state index >= 15 is 0 Å². The summed E-state index contributed by atoms with van der Waals surface area (Å²) in [5.41, 5.74) is 4.49. The normalized spacial score (nSPS) is 15.3. The van der Waals surface area contributed by atoms with Crippen LogP contribution < -0.4 is 10.6 Å². The van der Waals surface area contributed by atoms with Gasteiger partial charge in [-0.15, -0.1) is 0 Å². The molecule has 0 saturated carbocycles. The molecule has 1 aliphatic heterocycles. The summed E-state index contributed by atoms with van der Waals surface area (Å²) in [7, 11) is 0. The molecule has 1 atom stereocenters. The van der Waals surface area contributed by atoms with Gasteiger partial charge in [-0.05, 0) is 41.8 Å². The molecule has 0 amide bonds. The molecular weight excluding hydrogens is 336 g/mol. The molecule has 0 aliphatic carbocycles. The molecular formula is C20H23ClN2O2. The Bertz CT molecular complexity index is 731. The number of halogens is 1. The van der Waals surface area contributed by atoms with Crippen molar-refractivity contribution in [1.29, 1.82) is 0 Å². The monoisotopic (exact) mass is 358 g/mol. The van der Waals surface area contributed by atoms with Crippen LogP contribution in [0.2, 0.25) is 5.02 Å². The van der Waals surface area contributed by atoms with Crippen molar-refractivity contribution >= 4 is 23.8 Å². The Kier molecular flexibility index (Phi) is 5.95. The van der Waals surface area contributed by atoms with E-state index in [2.05, 4.69) is 34.9 Å². The SMILES string of the molecule is Cc1cc(NCc2cccc(CC(OC=O)C3CNC3)c2)ccc1Cl. The van der Waals surface area contributed by atoms with Crippen molar-refractivity contribution in [2.45, 2.75) is 26.0 Å². The van der Waals surface area contributed by atoms with Crippen molar-refractivity contribution in [1.82, 2.24) is 5.32 Å². The zero-order chi connectivity index (χ0) is 17.6. The summed E-state index contributed by atoms with van der Waals surface area (Å²) in [5, 5.41) is 7.43. The average Bonchev–Trinajstić information content (AvgIpc) is 2.55. The average molecular weight is 359 g/mol. The van der Waals surface area contributed by atoms with Gasteiger partial charge in [-0.3, -0.25) is 4.79 Å². The van der Waals surface area contributed by atoms with Gasteiger partial charge in [0.2, 0.25) is 0 Å². The van der Waals surface area contributed by atoms with Crippen LogP contribution in [-0.2, 0) is 22.5 Å². The zero-order valence-corrected chi connectivity index (χ0v) is 15.1. The van der Waals surface area contributed by atoms with Gasteiger partial charge in [0.05, 0.1) is 0 Å². The summed E-state index contributed by atoms with van der Waals surface area (Å²) >= 11 is 6.07. The number of carbonyl (C=O) groups excluding carboxylic acids is 1. The second-order valence-electron chi connectivity index (χ2n) is 6.53. The van der Waals surface area contributed by atoms with E-state index < -0.39 is 0 Å². The summed E-state index contributed by atoms with van der Waals surface area (Å²) in [6, 6.07) is 14.3. The van der Waals surface area contributed by atoms with Crippen molar-refractivity contribution in [3.8, 4) is 0 Å². The van der Waals surface area contributed by atoms with Crippen molar-refractivity contribution in [3.05, 3.63) is 64.2 Å². The van der Waals surface area contributed by atoms with Gasteiger partial charge in [0.15, 0.2) is 0 Å². The molecule has 0 aromatic heterocycles. The first-order valence-electron chi connectivity index (χ1n) is 8.53. The number of hydrogen-bond acceptors (Lipinski definition) is 4. The van der Waals surface area contributed by atoms with E-state index in [-0.39, 0.29) is 6.10 Å². The molecule has 4 nitrogen and oxygen atoms in total. The zero-order valence-electron chi connectivity index (χ0n) is 14.3. The molecule has 3 rings (SSSR count). The first-order chi connectivity index (χ1) is 12.2. The van der Waals surface area contributed by atoms with E-state index in [0.29, 0.717) is 12.4 Å². The number of hydrogen-bond donors (Lipinski definition) is 2. The lowest BCUT2D eigenvalue weighted by molar-refractivity contribution is -0.137. The summed E-state index contributed by atoms with van der Waals surface area (Å²) in [6.45, 7) is 5.12. The van der Waals surface area contributed by atoms with Crippen LogP contribution in [0.5, 0.6) is 0 Å². The van der Waals surface area contributed by atoms with Gasteiger partial charge in [-0.1, -0.05) is 35.9 Å². The Morgan fingerprint density at radius 1 is 1.28 bits per heavy atom. The van der Waals surface area contributed by atoms with Gasteiger partial charge in [0.1, 0.15) is 6.10 Å². The lowest BCUT2D eigenvalue weighted by atomic mass is 9.91. The summed E-state index contributed by atoms with van der Waals surface area (Å²) in [5.74, 6) is 0.407. The molecule has 0 spiro atoms. The third-order valence-electron chi connectivity index (χ3n) is 4.65. The number of carbonyl (C=O) groups is 1. The minimum absolute atomic E-state index is 0.0547. The maximum absolute atomic E-state index is 10.8. The fourth-order valence-corrected chi connectivity index (χ4v) is 3.15. The van der Waals surface area contributed by atoms with Gasteiger partial charge in [-0.2, -0.15) is 0 Å². The topological polar surface area (TPSA) is 50.4 Å². The van der Waals surface area contributed by atoms with E-state index in [9.17, 15) is 4.79 Å². The van der Waals surface area contributed by atoms with Crippen molar-refractivity contribution in [2.24, 2.45) is 5.92 Å². The van der Waals surface area contributed by atoms with Crippen molar-refractivity contribution in [2.75, 3.05) is 18.4 Å². The van der Waals surface area contributed by atoms with E-state index in [0.717, 1.165) is 42.3 Å². The first kappa shape index (κ1) is 17.8. The molecule has 5 heteroatoms. The van der Waals surface area contributed by atoms with Crippen LogP contribution in [-0.4, -0.2) is 25.7 Å². The third-order valence-corrected chi connectivity index (χ3v) is 5.08. The van der Waals surface area contributed by atoms with E-state index in [1.165, 1.54) is 11.1 Å². The number of benzene rings is 2. The van der Waals surface area contributed by atoms with Gasteiger partial charge < -0.3 is 15.4 Å². The minimum Gasteiger partial charge on any atom is -0.464 e. The van der Waals surface area contributed by atoms with Crippen LogP contribution in [0.15, 0.2) is 42.5 Å². The fourth-order valence-electron chi connectivity index (χ4n) is 3.03. The van der Waals surface area contributed by atoms with Gasteiger partial charge in [0, 0.05) is 42.7 Å². The lowest BCUT2D eigenvalue weighted by Gasteiger charge is -2.33. The maximum Gasteiger partial charge on any atom is 0.293 e. The molecule has 1 aliphatic rings. The van der Waals surface area contributed by atoms with Crippen LogP contribution in [0.25, 0.3) is 0 Å². The smallest absolute Gasteiger partial charge is 0.293 e. The molecule has 132 valence electrons. The van der Waals surface area contributed by atoms with Crippen molar-refractivity contribution in [3.63, 3.8) is 0 Å². The highest BCUT2D eigenvalue weighted by Gasteiger charge is 2.28. The summed E-state index contributed by atoms with van der Waals surface area (Å²) in [6.07, 6.45) is 0.694. The highest BCUT2D eigenvalue weighted by atomic mass is 35.5. The van der Waals surface area contributed by atoms with E-state index in [4.69, 9.17) is 16.3 Å². The number of aryl methyl sites for hydroxylation is 1. The quantitative estimate of drug-likeness (QED) is 0.708. The summed E-state index contributed by atoms with van der Waals surface area (Å²) < 4.78 is 5.29. The molecule has 25 heavy (non-hydrogen) atoms. The second-order valence-corrected chi connectivity index (χ2v) is 6.94. The predicted molar refractivity (Wildman–Crippen MR) is 101 cm³/mol. The number of nitrogens with one attached hydrogen (secondary N) is 2. The number of rotatable bonds is 8. The number of anilines is 1. The van der Waals surface area contributed by atoms with Crippen molar-refractivity contribution < 1.29 is 9.53 Å². The van der Waals surface area contributed by atoms with E-state index in [1.54, 1.807) is 0 Å². The Morgan fingerprint density at radius 3 is 2.76 bits per heavy atom. The Balaban J connectivity index is 1.62. The Morgan fingerprint density at radius 2 is 2.08 bits per heavy atom. The highest BCUT2D eigenvalue weighted by Crippen LogP contribution is 2.21. The second kappa shape index (κ2) is 8.37. The maximum atomic E-state index is 10.8. The van der Waals surface area contributed by atoms with Crippen LogP contribution in [0.4, 0.5) is 5.69 Å².